The lowest BCUT2D eigenvalue weighted by molar-refractivity contribution is 0.617. The van der Waals surface area contributed by atoms with E-state index >= 15 is 0 Å². The predicted molar refractivity (Wildman–Crippen MR) is 73.6 cm³/mol. The number of nitrogens with zero attached hydrogens (tertiary/aromatic N) is 2. The van der Waals surface area contributed by atoms with Crippen LogP contribution in [-0.4, -0.2) is 21.1 Å². The maximum absolute atomic E-state index is 11.8. The summed E-state index contributed by atoms with van der Waals surface area (Å²) in [5, 5.41) is 0. The van der Waals surface area contributed by atoms with Crippen LogP contribution in [-0.2, 0) is 6.54 Å². The van der Waals surface area contributed by atoms with E-state index in [1.54, 1.807) is 10.8 Å². The van der Waals surface area contributed by atoms with Crippen LogP contribution in [0.1, 0.15) is 19.2 Å². The fourth-order valence-electron chi connectivity index (χ4n) is 1.28. The van der Waals surface area contributed by atoms with E-state index < -0.39 is 0 Å². The second kappa shape index (κ2) is 6.52. The van der Waals surface area contributed by atoms with Crippen molar-refractivity contribution in [3.05, 3.63) is 25.9 Å². The Morgan fingerprint density at radius 3 is 3.00 bits per heavy atom. The molecular formula is C10H15IN2OS. The van der Waals surface area contributed by atoms with E-state index in [1.165, 1.54) is 0 Å². The van der Waals surface area contributed by atoms with Gasteiger partial charge in [-0.3, -0.25) is 9.36 Å². The van der Waals surface area contributed by atoms with Gasteiger partial charge in [-0.1, -0.05) is 6.92 Å². The number of halogens is 1. The molecule has 0 saturated carbocycles. The van der Waals surface area contributed by atoms with Crippen LogP contribution in [0.3, 0.4) is 0 Å². The number of rotatable bonds is 5. The van der Waals surface area contributed by atoms with Crippen LogP contribution in [0.2, 0.25) is 0 Å². The SMILES string of the molecule is CCSCCCn1c(C)ncc(I)c1=O. The molecule has 0 atom stereocenters. The molecule has 0 aliphatic carbocycles. The monoisotopic (exact) mass is 338 g/mol. The van der Waals surface area contributed by atoms with E-state index in [4.69, 9.17) is 0 Å². The van der Waals surface area contributed by atoms with Gasteiger partial charge in [0.2, 0.25) is 0 Å². The lowest BCUT2D eigenvalue weighted by Crippen LogP contribution is -2.25. The molecular weight excluding hydrogens is 323 g/mol. The number of hydrogen-bond donors (Lipinski definition) is 0. The fourth-order valence-corrected chi connectivity index (χ4v) is 2.34. The summed E-state index contributed by atoms with van der Waals surface area (Å²) >= 11 is 3.94. The molecule has 0 fully saturated rings. The van der Waals surface area contributed by atoms with E-state index in [2.05, 4.69) is 11.9 Å². The minimum atomic E-state index is 0.0876. The van der Waals surface area contributed by atoms with Gasteiger partial charge in [-0.2, -0.15) is 11.8 Å². The second-order valence-electron chi connectivity index (χ2n) is 3.16. The maximum Gasteiger partial charge on any atom is 0.266 e. The molecule has 3 nitrogen and oxygen atoms in total. The number of hydrogen-bond acceptors (Lipinski definition) is 3. The third-order valence-corrected chi connectivity index (χ3v) is 3.80. The zero-order valence-corrected chi connectivity index (χ0v) is 12.0. The Bertz CT molecular complexity index is 378. The summed E-state index contributed by atoms with van der Waals surface area (Å²) in [5.74, 6) is 3.05. The van der Waals surface area contributed by atoms with Crippen molar-refractivity contribution in [3.8, 4) is 0 Å². The van der Waals surface area contributed by atoms with Crippen LogP contribution in [0.4, 0.5) is 0 Å². The zero-order valence-electron chi connectivity index (χ0n) is 8.99. The minimum Gasteiger partial charge on any atom is -0.296 e. The highest BCUT2D eigenvalue weighted by Crippen LogP contribution is 2.03. The summed E-state index contributed by atoms with van der Waals surface area (Å²) in [4.78, 5) is 15.9. The highest BCUT2D eigenvalue weighted by molar-refractivity contribution is 14.1. The Labute approximate surface area is 108 Å². The molecule has 1 heterocycles. The Morgan fingerprint density at radius 1 is 1.60 bits per heavy atom. The summed E-state index contributed by atoms with van der Waals surface area (Å²) in [6.07, 6.45) is 2.66. The van der Waals surface area contributed by atoms with Gasteiger partial charge in [0.05, 0.1) is 3.57 Å². The molecule has 0 aromatic carbocycles. The third kappa shape index (κ3) is 3.79. The lowest BCUT2D eigenvalue weighted by Gasteiger charge is -2.08. The quantitative estimate of drug-likeness (QED) is 0.610. The van der Waals surface area contributed by atoms with Crippen molar-refractivity contribution in [1.82, 2.24) is 9.55 Å². The molecule has 0 N–H and O–H groups in total. The summed E-state index contributed by atoms with van der Waals surface area (Å²) in [7, 11) is 0. The summed E-state index contributed by atoms with van der Waals surface area (Å²) < 4.78 is 2.46. The number of aryl methyl sites for hydroxylation is 1. The molecule has 0 aliphatic heterocycles. The van der Waals surface area contributed by atoms with Crippen LogP contribution in [0.15, 0.2) is 11.0 Å². The van der Waals surface area contributed by atoms with Gasteiger partial charge in [-0.15, -0.1) is 0 Å². The van der Waals surface area contributed by atoms with Crippen molar-refractivity contribution in [2.45, 2.75) is 26.8 Å². The van der Waals surface area contributed by atoms with E-state index in [-0.39, 0.29) is 5.56 Å². The maximum atomic E-state index is 11.8. The number of thioether (sulfide) groups is 1. The largest absolute Gasteiger partial charge is 0.296 e. The van der Waals surface area contributed by atoms with Gasteiger partial charge in [0.1, 0.15) is 5.82 Å². The van der Waals surface area contributed by atoms with Crippen LogP contribution >= 0.6 is 34.4 Å². The van der Waals surface area contributed by atoms with E-state index in [0.29, 0.717) is 3.57 Å². The molecule has 0 saturated heterocycles. The average molecular weight is 338 g/mol. The Hall–Kier alpha value is -0.0400. The summed E-state index contributed by atoms with van der Waals surface area (Å²) in [5.41, 5.74) is 0.0876. The van der Waals surface area contributed by atoms with Gasteiger partial charge in [0, 0.05) is 12.7 Å². The molecule has 0 aliphatic rings. The van der Waals surface area contributed by atoms with Gasteiger partial charge in [-0.25, -0.2) is 4.98 Å². The molecule has 0 bridgehead atoms. The summed E-state index contributed by atoms with van der Waals surface area (Å²) in [6.45, 7) is 4.81. The first-order valence-electron chi connectivity index (χ1n) is 4.96. The Balaban J connectivity index is 2.68. The third-order valence-electron chi connectivity index (χ3n) is 2.08. The molecule has 0 amide bonds. The van der Waals surface area contributed by atoms with Crippen LogP contribution < -0.4 is 5.56 Å². The van der Waals surface area contributed by atoms with Crippen molar-refractivity contribution in [1.29, 1.82) is 0 Å². The van der Waals surface area contributed by atoms with Gasteiger partial charge in [0.25, 0.3) is 5.56 Å². The normalized spacial score (nSPS) is 10.6. The highest BCUT2D eigenvalue weighted by atomic mass is 127. The molecule has 1 aromatic rings. The van der Waals surface area contributed by atoms with E-state index in [0.717, 1.165) is 30.3 Å². The number of aromatic nitrogens is 2. The average Bonchev–Trinajstić information content (AvgIpc) is 2.23. The van der Waals surface area contributed by atoms with Crippen molar-refractivity contribution in [2.24, 2.45) is 0 Å². The van der Waals surface area contributed by atoms with E-state index in [1.807, 2.05) is 41.3 Å². The summed E-state index contributed by atoms with van der Waals surface area (Å²) in [6, 6.07) is 0. The Morgan fingerprint density at radius 2 is 2.33 bits per heavy atom. The standard InChI is InChI=1S/C10H15IN2OS/c1-3-15-6-4-5-13-8(2)12-7-9(11)10(13)14/h7H,3-6H2,1-2H3. The Kier molecular flexibility index (Phi) is 5.66. The van der Waals surface area contributed by atoms with Crippen molar-refractivity contribution >= 4 is 34.4 Å². The van der Waals surface area contributed by atoms with Gasteiger partial charge >= 0.3 is 0 Å². The van der Waals surface area contributed by atoms with Crippen LogP contribution in [0.25, 0.3) is 0 Å². The molecule has 0 unspecified atom stereocenters. The molecule has 1 aromatic heterocycles. The van der Waals surface area contributed by atoms with Crippen molar-refractivity contribution in [3.63, 3.8) is 0 Å². The van der Waals surface area contributed by atoms with Crippen molar-refractivity contribution < 1.29 is 0 Å². The predicted octanol–water partition coefficient (Wildman–Crippen LogP) is 2.30. The molecule has 5 heteroatoms. The fraction of sp³-hybridized carbons (Fsp3) is 0.600. The highest BCUT2D eigenvalue weighted by Gasteiger charge is 2.04. The topological polar surface area (TPSA) is 34.9 Å². The molecule has 0 radical (unpaired) electrons. The van der Waals surface area contributed by atoms with Gasteiger partial charge in [-0.05, 0) is 47.4 Å². The smallest absolute Gasteiger partial charge is 0.266 e. The van der Waals surface area contributed by atoms with Gasteiger partial charge in [0.15, 0.2) is 0 Å². The van der Waals surface area contributed by atoms with E-state index in [9.17, 15) is 4.79 Å². The first kappa shape index (κ1) is 13.0. The second-order valence-corrected chi connectivity index (χ2v) is 5.72. The zero-order chi connectivity index (χ0) is 11.3. The molecule has 0 spiro atoms. The first-order chi connectivity index (χ1) is 7.16. The minimum absolute atomic E-state index is 0.0876. The molecule has 1 rings (SSSR count). The molecule has 84 valence electrons. The van der Waals surface area contributed by atoms with Crippen LogP contribution in [0.5, 0.6) is 0 Å². The lowest BCUT2D eigenvalue weighted by atomic mass is 10.4. The molecule has 15 heavy (non-hydrogen) atoms. The van der Waals surface area contributed by atoms with Crippen molar-refractivity contribution in [2.75, 3.05) is 11.5 Å². The van der Waals surface area contributed by atoms with Crippen LogP contribution in [0, 0.1) is 10.5 Å². The van der Waals surface area contributed by atoms with Gasteiger partial charge < -0.3 is 0 Å². The first-order valence-corrected chi connectivity index (χ1v) is 7.19.